The summed E-state index contributed by atoms with van der Waals surface area (Å²) >= 11 is 8.95. The summed E-state index contributed by atoms with van der Waals surface area (Å²) in [6.07, 6.45) is 2.91. The van der Waals surface area contributed by atoms with E-state index in [0.717, 1.165) is 29.3 Å². The number of unbranched alkanes of at least 4 members (excludes halogenated alkanes) is 1. The van der Waals surface area contributed by atoms with Crippen molar-refractivity contribution in [2.24, 2.45) is 0 Å². The smallest absolute Gasteiger partial charge is 0.100 e. The lowest BCUT2D eigenvalue weighted by Crippen LogP contribution is -1.96. The molecule has 0 aliphatic rings. The number of rotatable bonds is 4. The van der Waals surface area contributed by atoms with Gasteiger partial charge in [0.2, 0.25) is 0 Å². The minimum absolute atomic E-state index is 0.577. The van der Waals surface area contributed by atoms with Crippen molar-refractivity contribution in [1.82, 2.24) is 0 Å². The number of nitrogens with zero attached hydrogens (tertiary/aromatic N) is 1. The van der Waals surface area contributed by atoms with Crippen LogP contribution in [0.4, 0.5) is 5.69 Å². The van der Waals surface area contributed by atoms with Crippen molar-refractivity contribution in [3.8, 4) is 6.07 Å². The van der Waals surface area contributed by atoms with Crippen molar-refractivity contribution in [3.05, 3.63) is 27.7 Å². The van der Waals surface area contributed by atoms with Gasteiger partial charge in [-0.25, -0.2) is 0 Å². The molecule has 15 heavy (non-hydrogen) atoms. The number of nitrogen functional groups attached to an aromatic ring is 1. The van der Waals surface area contributed by atoms with Gasteiger partial charge in [0.25, 0.3) is 0 Å². The summed E-state index contributed by atoms with van der Waals surface area (Å²) in [6, 6.07) is 5.71. The van der Waals surface area contributed by atoms with Gasteiger partial charge in [-0.1, -0.05) is 0 Å². The first-order chi connectivity index (χ1) is 7.19. The van der Waals surface area contributed by atoms with E-state index >= 15 is 0 Å². The highest BCUT2D eigenvalue weighted by Gasteiger charge is 2.05. The maximum Gasteiger partial charge on any atom is 0.100 e. The summed E-state index contributed by atoms with van der Waals surface area (Å²) in [7, 11) is 0. The standard InChI is InChI=1S/C11H12BrClN2/c12-10-5-8(3-1-2-4-13)11(15)6-9(10)7-14/h5-6H,1-4,15H2. The highest BCUT2D eigenvalue weighted by molar-refractivity contribution is 9.10. The zero-order valence-electron chi connectivity index (χ0n) is 8.26. The Bertz CT molecular complexity index is 385. The number of benzene rings is 1. The fraction of sp³-hybridized carbons (Fsp3) is 0.364. The van der Waals surface area contributed by atoms with Crippen LogP contribution in [0.3, 0.4) is 0 Å². The highest BCUT2D eigenvalue weighted by atomic mass is 79.9. The molecule has 80 valence electrons. The van der Waals surface area contributed by atoms with E-state index in [0.29, 0.717) is 17.1 Å². The zero-order chi connectivity index (χ0) is 11.3. The van der Waals surface area contributed by atoms with Crippen molar-refractivity contribution in [3.63, 3.8) is 0 Å². The van der Waals surface area contributed by atoms with E-state index in [4.69, 9.17) is 22.6 Å². The molecule has 4 heteroatoms. The topological polar surface area (TPSA) is 49.8 Å². The fourth-order valence-corrected chi connectivity index (χ4v) is 2.01. The molecule has 0 spiro atoms. The SMILES string of the molecule is N#Cc1cc(N)c(CCCCCl)cc1Br. The van der Waals surface area contributed by atoms with E-state index in [1.54, 1.807) is 6.07 Å². The molecule has 0 atom stereocenters. The average molecular weight is 288 g/mol. The maximum atomic E-state index is 8.79. The first-order valence-electron chi connectivity index (χ1n) is 4.73. The van der Waals surface area contributed by atoms with Crippen LogP contribution in [0.25, 0.3) is 0 Å². The third-order valence-corrected chi connectivity index (χ3v) is 3.10. The second-order valence-electron chi connectivity index (χ2n) is 3.29. The minimum Gasteiger partial charge on any atom is -0.398 e. The van der Waals surface area contributed by atoms with Gasteiger partial charge < -0.3 is 5.73 Å². The van der Waals surface area contributed by atoms with Gasteiger partial charge in [-0.15, -0.1) is 11.6 Å². The van der Waals surface area contributed by atoms with Crippen molar-refractivity contribution in [1.29, 1.82) is 5.26 Å². The van der Waals surface area contributed by atoms with Crippen LogP contribution in [0, 0.1) is 11.3 Å². The molecule has 0 aliphatic heterocycles. The monoisotopic (exact) mass is 286 g/mol. The molecule has 0 aliphatic carbocycles. The Morgan fingerprint density at radius 2 is 2.13 bits per heavy atom. The van der Waals surface area contributed by atoms with Crippen molar-refractivity contribution >= 4 is 33.2 Å². The van der Waals surface area contributed by atoms with Gasteiger partial charge in [0.15, 0.2) is 0 Å². The van der Waals surface area contributed by atoms with Crippen molar-refractivity contribution in [2.75, 3.05) is 11.6 Å². The van der Waals surface area contributed by atoms with Crippen LogP contribution in [-0.2, 0) is 6.42 Å². The predicted octanol–water partition coefficient (Wildman–Crippen LogP) is 3.46. The van der Waals surface area contributed by atoms with Gasteiger partial charge in [-0.2, -0.15) is 5.26 Å². The van der Waals surface area contributed by atoms with E-state index < -0.39 is 0 Å². The van der Waals surface area contributed by atoms with Crippen molar-refractivity contribution in [2.45, 2.75) is 19.3 Å². The van der Waals surface area contributed by atoms with Crippen LogP contribution in [-0.4, -0.2) is 5.88 Å². The summed E-state index contributed by atoms with van der Waals surface area (Å²) in [4.78, 5) is 0. The van der Waals surface area contributed by atoms with Gasteiger partial charge in [0.1, 0.15) is 6.07 Å². The number of alkyl halides is 1. The second-order valence-corrected chi connectivity index (χ2v) is 4.52. The summed E-state index contributed by atoms with van der Waals surface area (Å²) in [6.45, 7) is 0. The predicted molar refractivity (Wildman–Crippen MR) is 66.9 cm³/mol. The highest BCUT2D eigenvalue weighted by Crippen LogP contribution is 2.24. The number of hydrogen-bond donors (Lipinski definition) is 1. The van der Waals surface area contributed by atoms with Gasteiger partial charge in [-0.05, 0) is 52.9 Å². The average Bonchev–Trinajstić information content (AvgIpc) is 2.23. The quantitative estimate of drug-likeness (QED) is 0.524. The number of anilines is 1. The Balaban J connectivity index is 2.82. The Morgan fingerprint density at radius 1 is 1.40 bits per heavy atom. The number of nitriles is 1. The first kappa shape index (κ1) is 12.4. The van der Waals surface area contributed by atoms with Crippen LogP contribution in [0.2, 0.25) is 0 Å². The molecule has 1 aromatic carbocycles. The van der Waals surface area contributed by atoms with Gasteiger partial charge >= 0.3 is 0 Å². The first-order valence-corrected chi connectivity index (χ1v) is 6.05. The summed E-state index contributed by atoms with van der Waals surface area (Å²) in [5.74, 6) is 0.678. The van der Waals surface area contributed by atoms with E-state index in [1.807, 2.05) is 6.07 Å². The Hall–Kier alpha value is -0.720. The molecule has 0 heterocycles. The van der Waals surface area contributed by atoms with E-state index in [-0.39, 0.29) is 0 Å². The Morgan fingerprint density at radius 3 is 2.73 bits per heavy atom. The van der Waals surface area contributed by atoms with Gasteiger partial charge in [0.05, 0.1) is 5.56 Å². The van der Waals surface area contributed by atoms with Crippen LogP contribution in [0.15, 0.2) is 16.6 Å². The third kappa shape index (κ3) is 3.40. The summed E-state index contributed by atoms with van der Waals surface area (Å²) in [5.41, 5.74) is 8.18. The van der Waals surface area contributed by atoms with Gasteiger partial charge in [-0.3, -0.25) is 0 Å². The zero-order valence-corrected chi connectivity index (χ0v) is 10.6. The lowest BCUT2D eigenvalue weighted by molar-refractivity contribution is 0.801. The Labute approximate surface area is 103 Å². The maximum absolute atomic E-state index is 8.79. The molecular weight excluding hydrogens is 275 g/mol. The summed E-state index contributed by atoms with van der Waals surface area (Å²) in [5, 5.41) is 8.79. The van der Waals surface area contributed by atoms with Crippen LogP contribution in [0.5, 0.6) is 0 Å². The number of aryl methyl sites for hydroxylation is 1. The molecule has 1 aromatic rings. The number of halogens is 2. The third-order valence-electron chi connectivity index (χ3n) is 2.18. The molecule has 0 unspecified atom stereocenters. The molecule has 0 amide bonds. The van der Waals surface area contributed by atoms with Crippen molar-refractivity contribution < 1.29 is 0 Å². The summed E-state index contributed by atoms with van der Waals surface area (Å²) < 4.78 is 0.806. The molecule has 0 radical (unpaired) electrons. The molecule has 2 nitrogen and oxygen atoms in total. The number of hydrogen-bond acceptors (Lipinski definition) is 2. The molecule has 0 saturated heterocycles. The molecule has 2 N–H and O–H groups in total. The lowest BCUT2D eigenvalue weighted by Gasteiger charge is -2.06. The van der Waals surface area contributed by atoms with Crippen LogP contribution < -0.4 is 5.73 Å². The molecular formula is C11H12BrClN2. The lowest BCUT2D eigenvalue weighted by atomic mass is 10.0. The molecule has 0 bridgehead atoms. The minimum atomic E-state index is 0.577. The van der Waals surface area contributed by atoms with Gasteiger partial charge in [0, 0.05) is 16.0 Å². The molecule has 0 aromatic heterocycles. The molecule has 0 saturated carbocycles. The normalized spacial score (nSPS) is 9.93. The molecule has 0 fully saturated rings. The largest absolute Gasteiger partial charge is 0.398 e. The van der Waals surface area contributed by atoms with E-state index in [2.05, 4.69) is 22.0 Å². The van der Waals surface area contributed by atoms with Crippen LogP contribution >= 0.6 is 27.5 Å². The van der Waals surface area contributed by atoms with Crippen LogP contribution in [0.1, 0.15) is 24.0 Å². The van der Waals surface area contributed by atoms with E-state index in [1.165, 1.54) is 0 Å². The number of nitrogens with two attached hydrogens (primary N) is 1. The molecule has 1 rings (SSSR count). The Kier molecular flexibility index (Phi) is 4.93. The van der Waals surface area contributed by atoms with E-state index in [9.17, 15) is 0 Å². The fourth-order valence-electron chi connectivity index (χ4n) is 1.34. The second kappa shape index (κ2) is 5.99.